The standard InChI is InChI=1S/C14H14IN3O3/c15-10-5-4-9(14(19)20)7-11(10)21-8-13-17-16-12-3-1-2-6-18(12)13/h4-5,7H,1-3,6,8H2,(H,19,20). The van der Waals surface area contributed by atoms with Crippen LogP contribution in [0.25, 0.3) is 0 Å². The Morgan fingerprint density at radius 1 is 1.38 bits per heavy atom. The van der Waals surface area contributed by atoms with Crippen LogP contribution in [0.2, 0.25) is 0 Å². The Kier molecular flexibility index (Phi) is 4.09. The number of nitrogens with zero attached hydrogens (tertiary/aromatic N) is 3. The van der Waals surface area contributed by atoms with Gasteiger partial charge in [-0.25, -0.2) is 4.79 Å². The third-order valence-corrected chi connectivity index (χ3v) is 4.36. The molecule has 6 nitrogen and oxygen atoms in total. The summed E-state index contributed by atoms with van der Waals surface area (Å²) in [4.78, 5) is 11.0. The van der Waals surface area contributed by atoms with Gasteiger partial charge in [-0.1, -0.05) is 0 Å². The van der Waals surface area contributed by atoms with Crippen molar-refractivity contribution in [1.29, 1.82) is 0 Å². The van der Waals surface area contributed by atoms with Crippen molar-refractivity contribution in [3.63, 3.8) is 0 Å². The summed E-state index contributed by atoms with van der Waals surface area (Å²) < 4.78 is 8.71. The molecule has 110 valence electrons. The molecule has 0 fully saturated rings. The minimum absolute atomic E-state index is 0.216. The topological polar surface area (TPSA) is 77.2 Å². The van der Waals surface area contributed by atoms with Gasteiger partial charge in [0.25, 0.3) is 0 Å². The Hall–Kier alpha value is -1.64. The van der Waals surface area contributed by atoms with Crippen LogP contribution in [0, 0.1) is 3.57 Å². The largest absolute Gasteiger partial charge is 0.484 e. The second-order valence-electron chi connectivity index (χ2n) is 4.88. The van der Waals surface area contributed by atoms with Crippen LogP contribution in [0.15, 0.2) is 18.2 Å². The van der Waals surface area contributed by atoms with Crippen LogP contribution in [-0.2, 0) is 19.6 Å². The van der Waals surface area contributed by atoms with Gasteiger partial charge in [-0.05, 0) is 53.6 Å². The Labute approximate surface area is 135 Å². The summed E-state index contributed by atoms with van der Waals surface area (Å²) in [5.41, 5.74) is 0.216. The number of hydrogen-bond acceptors (Lipinski definition) is 4. The molecule has 2 aromatic rings. The molecule has 3 rings (SSSR count). The number of rotatable bonds is 4. The molecular weight excluding hydrogens is 385 g/mol. The monoisotopic (exact) mass is 399 g/mol. The first-order valence-electron chi connectivity index (χ1n) is 6.72. The fraction of sp³-hybridized carbons (Fsp3) is 0.357. The van der Waals surface area contributed by atoms with E-state index in [4.69, 9.17) is 9.84 Å². The third-order valence-electron chi connectivity index (χ3n) is 3.47. The van der Waals surface area contributed by atoms with Crippen molar-refractivity contribution in [2.24, 2.45) is 0 Å². The normalized spacial score (nSPS) is 13.8. The second-order valence-corrected chi connectivity index (χ2v) is 6.04. The van der Waals surface area contributed by atoms with Gasteiger partial charge in [-0.2, -0.15) is 0 Å². The molecule has 0 unspecified atom stereocenters. The molecule has 1 aliphatic heterocycles. The zero-order valence-electron chi connectivity index (χ0n) is 11.3. The van der Waals surface area contributed by atoms with Crippen LogP contribution in [0.3, 0.4) is 0 Å². The van der Waals surface area contributed by atoms with Crippen molar-refractivity contribution in [2.75, 3.05) is 0 Å². The maximum Gasteiger partial charge on any atom is 0.335 e. The molecule has 0 spiro atoms. The average Bonchev–Trinajstić information content (AvgIpc) is 2.89. The number of hydrogen-bond donors (Lipinski definition) is 1. The molecule has 0 atom stereocenters. The van der Waals surface area contributed by atoms with Gasteiger partial charge < -0.3 is 14.4 Å². The highest BCUT2D eigenvalue weighted by atomic mass is 127. The van der Waals surface area contributed by atoms with E-state index in [1.807, 2.05) is 0 Å². The number of carbonyl (C=O) groups is 1. The number of fused-ring (bicyclic) bond motifs is 1. The highest BCUT2D eigenvalue weighted by molar-refractivity contribution is 14.1. The first-order valence-corrected chi connectivity index (χ1v) is 7.79. The third kappa shape index (κ3) is 3.02. The van der Waals surface area contributed by atoms with Gasteiger partial charge in [0.05, 0.1) is 9.13 Å². The van der Waals surface area contributed by atoms with Crippen LogP contribution in [0.5, 0.6) is 5.75 Å². The molecule has 0 aliphatic carbocycles. The van der Waals surface area contributed by atoms with Crippen LogP contribution >= 0.6 is 22.6 Å². The van der Waals surface area contributed by atoms with Gasteiger partial charge in [0, 0.05) is 13.0 Å². The molecule has 0 bridgehead atoms. The molecule has 0 saturated heterocycles. The summed E-state index contributed by atoms with van der Waals surface area (Å²) in [6.45, 7) is 1.22. The molecule has 1 aromatic heterocycles. The molecule has 21 heavy (non-hydrogen) atoms. The predicted molar refractivity (Wildman–Crippen MR) is 83.4 cm³/mol. The fourth-order valence-corrected chi connectivity index (χ4v) is 2.86. The van der Waals surface area contributed by atoms with Gasteiger partial charge >= 0.3 is 5.97 Å². The van der Waals surface area contributed by atoms with Crippen LogP contribution in [0.4, 0.5) is 0 Å². The SMILES string of the molecule is O=C(O)c1ccc(I)c(OCc2nnc3n2CCCC3)c1. The average molecular weight is 399 g/mol. The summed E-state index contributed by atoms with van der Waals surface area (Å²) in [6, 6.07) is 4.84. The highest BCUT2D eigenvalue weighted by Crippen LogP contribution is 2.24. The second kappa shape index (κ2) is 6.00. The van der Waals surface area contributed by atoms with Crippen LogP contribution in [0.1, 0.15) is 34.8 Å². The minimum Gasteiger partial charge on any atom is -0.484 e. The Morgan fingerprint density at radius 3 is 3.05 bits per heavy atom. The van der Waals surface area contributed by atoms with Crippen LogP contribution < -0.4 is 4.74 Å². The van der Waals surface area contributed by atoms with Gasteiger partial charge in [0.1, 0.15) is 18.2 Å². The van der Waals surface area contributed by atoms with Gasteiger partial charge in [0.15, 0.2) is 5.82 Å². The molecule has 0 saturated carbocycles. The molecule has 0 radical (unpaired) electrons. The van der Waals surface area contributed by atoms with Crippen molar-refractivity contribution in [3.05, 3.63) is 39.0 Å². The summed E-state index contributed by atoms with van der Waals surface area (Å²) in [5, 5.41) is 17.4. The summed E-state index contributed by atoms with van der Waals surface area (Å²) in [7, 11) is 0. The molecule has 7 heteroatoms. The fourth-order valence-electron chi connectivity index (χ4n) is 2.36. The van der Waals surface area contributed by atoms with E-state index in [0.717, 1.165) is 41.0 Å². The predicted octanol–water partition coefficient (Wildman–Crippen LogP) is 2.50. The first-order chi connectivity index (χ1) is 10.1. The summed E-state index contributed by atoms with van der Waals surface area (Å²) in [5.74, 6) is 1.40. The first kappa shape index (κ1) is 14.3. The van der Waals surface area contributed by atoms with E-state index < -0.39 is 5.97 Å². The van der Waals surface area contributed by atoms with Crippen molar-refractivity contribution < 1.29 is 14.6 Å². The molecule has 1 aromatic carbocycles. The summed E-state index contributed by atoms with van der Waals surface area (Å²) >= 11 is 2.12. The number of benzene rings is 1. The number of ether oxygens (including phenoxy) is 1. The van der Waals surface area contributed by atoms with E-state index in [2.05, 4.69) is 37.4 Å². The maximum absolute atomic E-state index is 11.0. The lowest BCUT2D eigenvalue weighted by Gasteiger charge is -2.15. The zero-order chi connectivity index (χ0) is 14.8. The number of carboxylic acid groups (broad SMARTS) is 1. The minimum atomic E-state index is -0.962. The lowest BCUT2D eigenvalue weighted by atomic mass is 10.2. The van der Waals surface area contributed by atoms with Crippen molar-refractivity contribution >= 4 is 28.6 Å². The van der Waals surface area contributed by atoms with E-state index in [0.29, 0.717) is 12.4 Å². The number of aromatic nitrogens is 3. The van der Waals surface area contributed by atoms with Crippen molar-refractivity contribution in [3.8, 4) is 5.75 Å². The van der Waals surface area contributed by atoms with E-state index in [1.54, 1.807) is 12.1 Å². The number of halogens is 1. The van der Waals surface area contributed by atoms with E-state index in [1.165, 1.54) is 6.07 Å². The summed E-state index contributed by atoms with van der Waals surface area (Å²) in [6.07, 6.45) is 3.24. The van der Waals surface area contributed by atoms with Crippen molar-refractivity contribution in [1.82, 2.24) is 14.8 Å². The van der Waals surface area contributed by atoms with Gasteiger partial charge in [-0.3, -0.25) is 0 Å². The molecule has 2 heterocycles. The Bertz CT molecular complexity index is 684. The molecule has 1 N–H and O–H groups in total. The lowest BCUT2D eigenvalue weighted by molar-refractivity contribution is 0.0696. The van der Waals surface area contributed by atoms with Crippen LogP contribution in [-0.4, -0.2) is 25.8 Å². The number of aromatic carboxylic acids is 1. The lowest BCUT2D eigenvalue weighted by Crippen LogP contribution is -2.14. The van der Waals surface area contributed by atoms with E-state index >= 15 is 0 Å². The highest BCUT2D eigenvalue weighted by Gasteiger charge is 2.16. The molecular formula is C14H14IN3O3. The quantitative estimate of drug-likeness (QED) is 0.800. The Morgan fingerprint density at radius 2 is 2.24 bits per heavy atom. The smallest absolute Gasteiger partial charge is 0.335 e. The van der Waals surface area contributed by atoms with Gasteiger partial charge in [-0.15, -0.1) is 10.2 Å². The molecule has 0 amide bonds. The maximum atomic E-state index is 11.0. The molecule has 1 aliphatic rings. The number of carboxylic acids is 1. The zero-order valence-corrected chi connectivity index (χ0v) is 13.4. The van der Waals surface area contributed by atoms with E-state index in [9.17, 15) is 4.79 Å². The Balaban J connectivity index is 1.77. The van der Waals surface area contributed by atoms with E-state index in [-0.39, 0.29) is 5.56 Å². The number of aryl methyl sites for hydroxylation is 1. The van der Waals surface area contributed by atoms with Gasteiger partial charge in [0.2, 0.25) is 0 Å². The van der Waals surface area contributed by atoms with Crippen molar-refractivity contribution in [2.45, 2.75) is 32.4 Å².